The fourth-order valence-corrected chi connectivity index (χ4v) is 4.27. The summed E-state index contributed by atoms with van der Waals surface area (Å²) >= 11 is 1.21. The maximum Gasteiger partial charge on any atom is 0.345 e. The number of thiophene rings is 1. The van der Waals surface area contributed by atoms with Crippen molar-refractivity contribution in [2.24, 2.45) is 0 Å². The molecule has 1 aliphatic rings. The highest BCUT2D eigenvalue weighted by atomic mass is 32.1. The number of nitro groups is 1. The number of anilines is 1. The first kappa shape index (κ1) is 19.5. The lowest BCUT2D eigenvalue weighted by Gasteiger charge is -2.23. The fourth-order valence-electron chi connectivity index (χ4n) is 3.38. The van der Waals surface area contributed by atoms with Crippen molar-refractivity contribution in [3.05, 3.63) is 91.7 Å². The minimum absolute atomic E-state index is 0.0706. The number of non-ortho nitro benzene ring substituents is 1. The maximum absolute atomic E-state index is 13.2. The Labute approximate surface area is 175 Å². The number of hydrogen-bond acceptors (Lipinski definition) is 5. The average molecular weight is 420 g/mol. The van der Waals surface area contributed by atoms with E-state index >= 15 is 0 Å². The van der Waals surface area contributed by atoms with Crippen molar-refractivity contribution in [3.8, 4) is 0 Å². The molecule has 0 spiro atoms. The number of carbonyl (C=O) groups excluding carboxylic acids is 1. The van der Waals surface area contributed by atoms with Crippen LogP contribution in [0.25, 0.3) is 11.6 Å². The molecule has 0 bridgehead atoms. The molecule has 1 amide bonds. The first-order chi connectivity index (χ1) is 14.4. The van der Waals surface area contributed by atoms with E-state index in [4.69, 9.17) is 0 Å². The molecule has 150 valence electrons. The topological polar surface area (TPSA) is 101 Å². The van der Waals surface area contributed by atoms with Crippen LogP contribution in [0, 0.1) is 10.1 Å². The van der Waals surface area contributed by atoms with Gasteiger partial charge in [0, 0.05) is 29.1 Å². The molecule has 1 N–H and O–H groups in total. The van der Waals surface area contributed by atoms with E-state index in [9.17, 15) is 24.8 Å². The highest BCUT2D eigenvalue weighted by Gasteiger charge is 2.24. The van der Waals surface area contributed by atoms with Crippen LogP contribution in [0.2, 0.25) is 0 Å². The Morgan fingerprint density at radius 1 is 1.03 bits per heavy atom. The summed E-state index contributed by atoms with van der Waals surface area (Å²) in [6.45, 7) is 0.402. The van der Waals surface area contributed by atoms with Gasteiger partial charge in [-0.1, -0.05) is 18.2 Å². The molecule has 0 saturated heterocycles. The van der Waals surface area contributed by atoms with Crippen LogP contribution >= 0.6 is 11.3 Å². The van der Waals surface area contributed by atoms with Gasteiger partial charge >= 0.3 is 5.97 Å². The second-order valence-electron chi connectivity index (χ2n) is 6.71. The van der Waals surface area contributed by atoms with Gasteiger partial charge in [-0.15, -0.1) is 11.3 Å². The van der Waals surface area contributed by atoms with Gasteiger partial charge in [0.25, 0.3) is 11.6 Å². The molecule has 0 unspecified atom stereocenters. The van der Waals surface area contributed by atoms with Crippen molar-refractivity contribution in [2.45, 2.75) is 6.42 Å². The minimum Gasteiger partial charge on any atom is -0.477 e. The predicted octanol–water partition coefficient (Wildman–Crippen LogP) is 4.95. The second-order valence-corrected chi connectivity index (χ2v) is 7.79. The Hall–Kier alpha value is -3.78. The van der Waals surface area contributed by atoms with Gasteiger partial charge in [0.2, 0.25) is 0 Å². The van der Waals surface area contributed by atoms with Crippen LogP contribution in [0.1, 0.15) is 36.9 Å². The van der Waals surface area contributed by atoms with E-state index < -0.39 is 10.9 Å². The number of hydrogen-bond donors (Lipinski definition) is 1. The van der Waals surface area contributed by atoms with E-state index in [1.807, 2.05) is 30.3 Å². The number of carboxylic acids is 1. The van der Waals surface area contributed by atoms with E-state index in [0.717, 1.165) is 21.7 Å². The zero-order valence-corrected chi connectivity index (χ0v) is 16.5. The molecule has 0 atom stereocenters. The Bertz CT molecular complexity index is 1180. The van der Waals surface area contributed by atoms with E-state index in [-0.39, 0.29) is 16.5 Å². The zero-order valence-electron chi connectivity index (χ0n) is 15.6. The summed E-state index contributed by atoms with van der Waals surface area (Å²) in [6.07, 6.45) is 2.53. The van der Waals surface area contributed by atoms with Crippen LogP contribution in [-0.4, -0.2) is 28.5 Å². The molecule has 0 saturated carbocycles. The van der Waals surface area contributed by atoms with Crippen molar-refractivity contribution in [3.63, 3.8) is 0 Å². The Balaban J connectivity index is 1.67. The summed E-state index contributed by atoms with van der Waals surface area (Å²) in [6, 6.07) is 16.4. The molecule has 7 nitrogen and oxygen atoms in total. The number of fused-ring (bicyclic) bond motifs is 1. The van der Waals surface area contributed by atoms with E-state index in [1.165, 1.54) is 35.6 Å². The Morgan fingerprint density at radius 2 is 1.77 bits per heavy atom. The standard InChI is InChI=1S/C22H16N2O5S/c25-21(14-5-7-17(8-6-14)24(28)29)23-12-11-16(13-15-3-1-2-4-18(15)23)19-9-10-20(30-19)22(26)27/h1-10,13H,11-12H2,(H,26,27). The summed E-state index contributed by atoms with van der Waals surface area (Å²) in [5, 5.41) is 20.1. The second kappa shape index (κ2) is 7.92. The lowest BCUT2D eigenvalue weighted by molar-refractivity contribution is -0.384. The molecule has 1 aliphatic heterocycles. The monoisotopic (exact) mass is 420 g/mol. The number of carboxylic acid groups (broad SMARTS) is 1. The summed E-state index contributed by atoms with van der Waals surface area (Å²) < 4.78 is 0. The minimum atomic E-state index is -0.962. The van der Waals surface area contributed by atoms with Gasteiger partial charge < -0.3 is 10.0 Å². The van der Waals surface area contributed by atoms with Crippen LogP contribution in [0.3, 0.4) is 0 Å². The lowest BCUT2D eigenvalue weighted by Crippen LogP contribution is -2.32. The highest BCUT2D eigenvalue weighted by Crippen LogP contribution is 2.35. The number of amides is 1. The SMILES string of the molecule is O=C(O)c1ccc(C2=Cc3ccccc3N(C(=O)c3ccc([N+](=O)[O-])cc3)CC2)s1. The summed E-state index contributed by atoms with van der Waals surface area (Å²) in [7, 11) is 0. The van der Waals surface area contributed by atoms with Crippen molar-refractivity contribution in [1.82, 2.24) is 0 Å². The molecule has 2 heterocycles. The Morgan fingerprint density at radius 3 is 2.43 bits per heavy atom. The number of rotatable bonds is 4. The van der Waals surface area contributed by atoms with Gasteiger partial charge in [-0.3, -0.25) is 14.9 Å². The van der Waals surface area contributed by atoms with Crippen molar-refractivity contribution in [1.29, 1.82) is 0 Å². The van der Waals surface area contributed by atoms with Crippen molar-refractivity contribution in [2.75, 3.05) is 11.4 Å². The van der Waals surface area contributed by atoms with Gasteiger partial charge in [-0.05, 0) is 54.0 Å². The van der Waals surface area contributed by atoms with Crippen LogP contribution in [0.4, 0.5) is 11.4 Å². The molecular formula is C22H16N2O5S. The maximum atomic E-state index is 13.2. The van der Waals surface area contributed by atoms with Gasteiger partial charge in [0.05, 0.1) is 10.6 Å². The first-order valence-corrected chi connectivity index (χ1v) is 9.95. The molecule has 0 aliphatic carbocycles. The van der Waals surface area contributed by atoms with Crippen molar-refractivity contribution >= 4 is 46.2 Å². The largest absolute Gasteiger partial charge is 0.477 e. The summed E-state index contributed by atoms with van der Waals surface area (Å²) in [5.41, 5.74) is 2.84. The smallest absolute Gasteiger partial charge is 0.345 e. The van der Waals surface area contributed by atoms with Crippen molar-refractivity contribution < 1.29 is 19.6 Å². The van der Waals surface area contributed by atoms with Crippen LogP contribution in [0.15, 0.2) is 60.7 Å². The first-order valence-electron chi connectivity index (χ1n) is 9.13. The van der Waals surface area contributed by atoms with Crippen LogP contribution < -0.4 is 4.90 Å². The molecule has 1 aromatic heterocycles. The van der Waals surface area contributed by atoms with E-state index in [0.29, 0.717) is 18.5 Å². The normalized spacial score (nSPS) is 13.2. The zero-order chi connectivity index (χ0) is 21.3. The quantitative estimate of drug-likeness (QED) is 0.476. The lowest BCUT2D eigenvalue weighted by atomic mass is 10.1. The number of para-hydroxylation sites is 1. The molecule has 8 heteroatoms. The molecule has 3 aromatic rings. The third-order valence-electron chi connectivity index (χ3n) is 4.87. The number of nitro benzene ring substituents is 1. The summed E-state index contributed by atoms with van der Waals surface area (Å²) in [4.78, 5) is 37.6. The molecule has 30 heavy (non-hydrogen) atoms. The molecule has 0 fully saturated rings. The number of nitrogens with zero attached hydrogens (tertiary/aromatic N) is 2. The predicted molar refractivity (Wildman–Crippen MR) is 115 cm³/mol. The van der Waals surface area contributed by atoms with Crippen LogP contribution in [-0.2, 0) is 0 Å². The van der Waals surface area contributed by atoms with Gasteiger partial charge in [-0.25, -0.2) is 4.79 Å². The highest BCUT2D eigenvalue weighted by molar-refractivity contribution is 7.15. The Kier molecular flexibility index (Phi) is 5.16. The number of aromatic carboxylic acids is 1. The van der Waals surface area contributed by atoms with E-state index in [1.54, 1.807) is 17.0 Å². The molecule has 0 radical (unpaired) electrons. The molecular weight excluding hydrogens is 404 g/mol. The third kappa shape index (κ3) is 3.72. The van der Waals surface area contributed by atoms with Gasteiger partial charge in [-0.2, -0.15) is 0 Å². The number of carbonyl (C=O) groups is 2. The average Bonchev–Trinajstić information content (AvgIpc) is 3.16. The fraction of sp³-hybridized carbons (Fsp3) is 0.0909. The third-order valence-corrected chi connectivity index (χ3v) is 6.01. The molecule has 2 aromatic carbocycles. The number of benzene rings is 2. The van der Waals surface area contributed by atoms with Gasteiger partial charge in [0.1, 0.15) is 4.88 Å². The van der Waals surface area contributed by atoms with E-state index in [2.05, 4.69) is 0 Å². The molecule has 4 rings (SSSR count). The van der Waals surface area contributed by atoms with Crippen LogP contribution in [0.5, 0.6) is 0 Å². The summed E-state index contributed by atoms with van der Waals surface area (Å²) in [5.74, 6) is -1.21. The van der Waals surface area contributed by atoms with Gasteiger partial charge in [0.15, 0.2) is 0 Å².